The van der Waals surface area contributed by atoms with Gasteiger partial charge in [0.15, 0.2) is 0 Å². The van der Waals surface area contributed by atoms with E-state index in [9.17, 15) is 19.5 Å². The van der Waals surface area contributed by atoms with Crippen LogP contribution in [-0.2, 0) is 9.53 Å². The Morgan fingerprint density at radius 1 is 1.33 bits per heavy atom. The number of hydrogen-bond donors (Lipinski definition) is 3. The molecule has 27 heavy (non-hydrogen) atoms. The maximum Gasteiger partial charge on any atom is 0.330 e. The van der Waals surface area contributed by atoms with Crippen molar-refractivity contribution in [2.75, 3.05) is 24.6 Å². The van der Waals surface area contributed by atoms with Crippen LogP contribution in [0, 0.1) is 5.41 Å². The lowest BCUT2D eigenvalue weighted by Crippen LogP contribution is -2.76. The normalized spacial score (nSPS) is 26.3. The number of carbonyl (C=O) groups is 3. The Balaban J connectivity index is 1.75. The number of rotatable bonds is 6. The summed E-state index contributed by atoms with van der Waals surface area (Å²) in [7, 11) is 0. The molecule has 1 saturated heterocycles. The first kappa shape index (κ1) is 19.2. The fraction of sp³-hybridized carbons (Fsp3) is 0.526. The highest BCUT2D eigenvalue weighted by atomic mass is 16.5. The van der Waals surface area contributed by atoms with Crippen LogP contribution >= 0.6 is 0 Å². The molecular formula is C19H25N3O5. The first-order valence-corrected chi connectivity index (χ1v) is 9.06. The van der Waals surface area contributed by atoms with Crippen LogP contribution in [0.4, 0.5) is 10.5 Å². The molecule has 2 aliphatic rings. The maximum absolute atomic E-state index is 12.7. The average Bonchev–Trinajstić information content (AvgIpc) is 3.06. The summed E-state index contributed by atoms with van der Waals surface area (Å²) in [6, 6.07) is 6.38. The minimum atomic E-state index is -1.38. The molecule has 146 valence electrons. The molecule has 3 N–H and O–H groups in total. The molecule has 1 heterocycles. The van der Waals surface area contributed by atoms with Crippen LogP contribution in [0.3, 0.4) is 0 Å². The smallest absolute Gasteiger partial charge is 0.330 e. The molecule has 0 radical (unpaired) electrons. The first-order valence-electron chi connectivity index (χ1n) is 9.06. The summed E-state index contributed by atoms with van der Waals surface area (Å²) in [5.74, 6) is -1.53. The highest BCUT2D eigenvalue weighted by molar-refractivity contribution is 6.00. The van der Waals surface area contributed by atoms with E-state index in [1.807, 2.05) is 6.92 Å². The molecule has 8 heteroatoms. The predicted octanol–water partition coefficient (Wildman–Crippen LogP) is 1.60. The highest BCUT2D eigenvalue weighted by Gasteiger charge is 2.66. The topological polar surface area (TPSA) is 108 Å². The summed E-state index contributed by atoms with van der Waals surface area (Å²) in [5, 5.41) is 15.2. The van der Waals surface area contributed by atoms with Crippen LogP contribution in [0.15, 0.2) is 24.3 Å². The Bertz CT molecular complexity index is 761. The fourth-order valence-electron chi connectivity index (χ4n) is 3.81. The Kier molecular flexibility index (Phi) is 4.86. The molecule has 1 saturated carbocycles. The second-order valence-electron chi connectivity index (χ2n) is 7.46. The highest BCUT2D eigenvalue weighted by Crippen LogP contribution is 2.51. The summed E-state index contributed by atoms with van der Waals surface area (Å²) in [4.78, 5) is 38.0. The zero-order valence-corrected chi connectivity index (χ0v) is 15.7. The number of carbonyl (C=O) groups excluding carboxylic acids is 2. The summed E-state index contributed by atoms with van der Waals surface area (Å²) in [6.07, 6.45) is -0.00373. The largest absolute Gasteiger partial charge is 0.479 e. The van der Waals surface area contributed by atoms with E-state index >= 15 is 0 Å². The van der Waals surface area contributed by atoms with Gasteiger partial charge in [-0.2, -0.15) is 0 Å². The minimum Gasteiger partial charge on any atom is -0.479 e. The number of anilines is 1. The third kappa shape index (κ3) is 3.03. The Morgan fingerprint density at radius 2 is 2.00 bits per heavy atom. The van der Waals surface area contributed by atoms with Gasteiger partial charge in [0.05, 0.1) is 6.10 Å². The first-order chi connectivity index (χ1) is 12.7. The van der Waals surface area contributed by atoms with E-state index in [2.05, 4.69) is 10.6 Å². The van der Waals surface area contributed by atoms with Crippen molar-refractivity contribution >= 4 is 23.6 Å². The molecule has 8 nitrogen and oxygen atoms in total. The molecule has 2 fully saturated rings. The number of hydrogen-bond acceptors (Lipinski definition) is 4. The van der Waals surface area contributed by atoms with E-state index < -0.39 is 22.8 Å². The lowest BCUT2D eigenvalue weighted by Gasteiger charge is -2.58. The van der Waals surface area contributed by atoms with Gasteiger partial charge in [-0.05, 0) is 31.2 Å². The van der Waals surface area contributed by atoms with Crippen LogP contribution in [0.5, 0.6) is 0 Å². The average molecular weight is 375 g/mol. The molecule has 3 amide bonds. The molecule has 1 aliphatic heterocycles. The van der Waals surface area contributed by atoms with Crippen LogP contribution < -0.4 is 15.5 Å². The molecule has 0 bridgehead atoms. The van der Waals surface area contributed by atoms with E-state index in [4.69, 9.17) is 4.74 Å². The van der Waals surface area contributed by atoms with E-state index in [-0.39, 0.29) is 18.6 Å². The van der Waals surface area contributed by atoms with Crippen molar-refractivity contribution in [1.82, 2.24) is 10.6 Å². The van der Waals surface area contributed by atoms with Crippen LogP contribution in [0.1, 0.15) is 37.6 Å². The second kappa shape index (κ2) is 6.84. The number of ether oxygens (including phenoxy) is 1. The number of carboxylic acids is 1. The third-order valence-electron chi connectivity index (χ3n) is 5.75. The van der Waals surface area contributed by atoms with Crippen molar-refractivity contribution in [2.45, 2.75) is 38.8 Å². The Labute approximate surface area is 157 Å². The number of nitrogens with one attached hydrogen (secondary N) is 2. The van der Waals surface area contributed by atoms with Gasteiger partial charge >= 0.3 is 12.0 Å². The summed E-state index contributed by atoms with van der Waals surface area (Å²) in [6.45, 7) is 7.08. The maximum atomic E-state index is 12.7. The monoisotopic (exact) mass is 375 g/mol. The molecule has 0 spiro atoms. The number of urea groups is 1. The Morgan fingerprint density at radius 3 is 2.48 bits per heavy atom. The fourth-order valence-corrected chi connectivity index (χ4v) is 3.81. The van der Waals surface area contributed by atoms with Crippen molar-refractivity contribution < 1.29 is 24.2 Å². The Hall–Kier alpha value is -2.61. The number of benzene rings is 1. The number of aliphatic carboxylic acids is 1. The number of carboxylic acid groups (broad SMARTS) is 1. The van der Waals surface area contributed by atoms with Crippen LogP contribution in [0.2, 0.25) is 0 Å². The quantitative estimate of drug-likeness (QED) is 0.700. The predicted molar refractivity (Wildman–Crippen MR) is 98.8 cm³/mol. The molecule has 0 aromatic heterocycles. The molecule has 2 unspecified atom stereocenters. The number of amides is 3. The van der Waals surface area contributed by atoms with Crippen LogP contribution in [0.25, 0.3) is 0 Å². The zero-order chi connectivity index (χ0) is 19.8. The van der Waals surface area contributed by atoms with Gasteiger partial charge in [-0.3, -0.25) is 9.69 Å². The molecular weight excluding hydrogens is 350 g/mol. The van der Waals surface area contributed by atoms with Gasteiger partial charge < -0.3 is 20.5 Å². The molecule has 3 rings (SSSR count). The summed E-state index contributed by atoms with van der Waals surface area (Å²) >= 11 is 0. The lowest BCUT2D eigenvalue weighted by molar-refractivity contribution is -0.190. The van der Waals surface area contributed by atoms with Gasteiger partial charge in [0.2, 0.25) is 0 Å². The van der Waals surface area contributed by atoms with Crippen LogP contribution in [-0.4, -0.2) is 54.4 Å². The van der Waals surface area contributed by atoms with Crippen molar-refractivity contribution in [3.63, 3.8) is 0 Å². The third-order valence-corrected chi connectivity index (χ3v) is 5.75. The molecule has 1 aliphatic carbocycles. The minimum absolute atomic E-state index is 0.171. The van der Waals surface area contributed by atoms with Crippen molar-refractivity contribution in [2.24, 2.45) is 5.41 Å². The summed E-state index contributed by atoms with van der Waals surface area (Å²) in [5.41, 5.74) is -1.08. The van der Waals surface area contributed by atoms with Crippen molar-refractivity contribution in [3.8, 4) is 0 Å². The van der Waals surface area contributed by atoms with E-state index in [0.29, 0.717) is 30.9 Å². The van der Waals surface area contributed by atoms with E-state index in [1.165, 1.54) is 0 Å². The standard InChI is InChI=1S/C19H25N3O5/c1-4-27-14-11-19(16(24)25,18(14,2)3)21-15(23)12-5-7-13(8-6-12)22-10-9-20-17(22)26/h5-8,14H,4,9-11H2,1-3H3,(H,20,26)(H,21,23)(H,24,25). The second-order valence-corrected chi connectivity index (χ2v) is 7.46. The SMILES string of the molecule is CCOC1CC(NC(=O)c2ccc(N3CCNC3=O)cc2)(C(=O)O)C1(C)C. The van der Waals surface area contributed by atoms with Gasteiger partial charge in [0, 0.05) is 42.8 Å². The molecule has 1 aromatic rings. The van der Waals surface area contributed by atoms with Gasteiger partial charge in [0.25, 0.3) is 5.91 Å². The van der Waals surface area contributed by atoms with Gasteiger partial charge in [-0.25, -0.2) is 9.59 Å². The van der Waals surface area contributed by atoms with Crippen molar-refractivity contribution in [1.29, 1.82) is 0 Å². The zero-order valence-electron chi connectivity index (χ0n) is 15.7. The molecule has 2 atom stereocenters. The lowest BCUT2D eigenvalue weighted by atomic mass is 9.54. The van der Waals surface area contributed by atoms with Gasteiger partial charge in [0.1, 0.15) is 5.54 Å². The number of nitrogens with zero attached hydrogens (tertiary/aromatic N) is 1. The van der Waals surface area contributed by atoms with Crippen molar-refractivity contribution in [3.05, 3.63) is 29.8 Å². The van der Waals surface area contributed by atoms with Gasteiger partial charge in [-0.1, -0.05) is 13.8 Å². The van der Waals surface area contributed by atoms with E-state index in [0.717, 1.165) is 0 Å². The van der Waals surface area contributed by atoms with Gasteiger partial charge in [-0.15, -0.1) is 0 Å². The van der Waals surface area contributed by atoms with E-state index in [1.54, 1.807) is 43.0 Å². The molecule has 1 aromatic carbocycles. The summed E-state index contributed by atoms with van der Waals surface area (Å²) < 4.78 is 5.61.